The van der Waals surface area contributed by atoms with Gasteiger partial charge >= 0.3 is 0 Å². The minimum Gasteiger partial charge on any atom is -0.402 e. The fourth-order valence-electron chi connectivity index (χ4n) is 2.47. The monoisotopic (exact) mass is 377 g/mol. The van der Waals surface area contributed by atoms with Gasteiger partial charge in [-0.15, -0.1) is 0 Å². The maximum atomic E-state index is 12.4. The Bertz CT molecular complexity index is 841. The van der Waals surface area contributed by atoms with Gasteiger partial charge < -0.3 is 5.73 Å². The van der Waals surface area contributed by atoms with Crippen molar-refractivity contribution in [2.45, 2.75) is 40.0 Å². The van der Waals surface area contributed by atoms with Crippen LogP contribution in [-0.2, 0) is 12.8 Å². The molecular formula is C24H31N3O. The van der Waals surface area contributed by atoms with Gasteiger partial charge in [0.1, 0.15) is 0 Å². The van der Waals surface area contributed by atoms with E-state index in [2.05, 4.69) is 30.6 Å². The predicted molar refractivity (Wildman–Crippen MR) is 119 cm³/mol. The van der Waals surface area contributed by atoms with Crippen LogP contribution < -0.4 is 5.73 Å². The predicted octanol–water partition coefficient (Wildman–Crippen LogP) is 5.41. The number of nitrogens with one attached hydrogen (secondary N) is 1. The Morgan fingerprint density at radius 1 is 1.18 bits per heavy atom. The van der Waals surface area contributed by atoms with E-state index in [0.717, 1.165) is 23.2 Å². The van der Waals surface area contributed by atoms with Crippen LogP contribution in [0.5, 0.6) is 0 Å². The second-order valence-electron chi connectivity index (χ2n) is 6.26. The molecule has 4 nitrogen and oxygen atoms in total. The van der Waals surface area contributed by atoms with Crippen LogP contribution in [0.1, 0.15) is 54.4 Å². The van der Waals surface area contributed by atoms with Crippen molar-refractivity contribution < 1.29 is 4.79 Å². The van der Waals surface area contributed by atoms with Crippen molar-refractivity contribution in [3.05, 3.63) is 95.5 Å². The Hall–Kier alpha value is -3.14. The van der Waals surface area contributed by atoms with Gasteiger partial charge in [0, 0.05) is 23.9 Å². The molecule has 1 aromatic carbocycles. The van der Waals surface area contributed by atoms with Crippen molar-refractivity contribution in [2.24, 2.45) is 5.73 Å². The summed E-state index contributed by atoms with van der Waals surface area (Å²) in [6, 6.07) is 7.97. The Morgan fingerprint density at radius 2 is 1.89 bits per heavy atom. The number of aromatic nitrogens is 2. The number of carbonyl (C=O) groups is 1. The topological polar surface area (TPSA) is 71.8 Å². The summed E-state index contributed by atoms with van der Waals surface area (Å²) in [6.45, 7) is 9.86. The molecule has 0 radical (unpaired) electrons. The second-order valence-corrected chi connectivity index (χ2v) is 6.26. The van der Waals surface area contributed by atoms with E-state index in [1.807, 2.05) is 55.5 Å². The number of aromatic amines is 1. The normalized spacial score (nSPS) is 11.5. The zero-order valence-corrected chi connectivity index (χ0v) is 17.1. The molecule has 3 N–H and O–H groups in total. The van der Waals surface area contributed by atoms with Crippen LogP contribution in [0.4, 0.5) is 0 Å². The lowest BCUT2D eigenvalue weighted by Gasteiger charge is -2.06. The number of aryl methyl sites for hydroxylation is 1. The van der Waals surface area contributed by atoms with E-state index < -0.39 is 0 Å². The minimum absolute atomic E-state index is 0.120. The number of rotatable bonds is 8. The third-order valence-corrected chi connectivity index (χ3v) is 3.74. The smallest absolute Gasteiger partial charge is 0.190 e. The number of benzene rings is 1. The van der Waals surface area contributed by atoms with E-state index in [1.54, 1.807) is 12.3 Å². The molecule has 0 amide bonds. The third-order valence-electron chi connectivity index (χ3n) is 3.74. The number of hydrogen-bond acceptors (Lipinski definition) is 3. The van der Waals surface area contributed by atoms with Crippen LogP contribution in [0.3, 0.4) is 0 Å². The molecule has 0 fully saturated rings. The first kappa shape index (κ1) is 22.9. The fraction of sp³-hybridized carbons (Fsp3) is 0.250. The first-order chi connectivity index (χ1) is 13.6. The highest BCUT2D eigenvalue weighted by molar-refractivity contribution is 6.05. The van der Waals surface area contributed by atoms with E-state index in [1.165, 1.54) is 12.5 Å². The molecule has 148 valence electrons. The average molecular weight is 378 g/mol. The molecule has 0 saturated heterocycles. The summed E-state index contributed by atoms with van der Waals surface area (Å²) in [5, 5.41) is 6.77. The molecule has 28 heavy (non-hydrogen) atoms. The molecule has 0 aliphatic carbocycles. The van der Waals surface area contributed by atoms with Crippen LogP contribution in [0.25, 0.3) is 6.08 Å². The van der Waals surface area contributed by atoms with Gasteiger partial charge in [0.05, 0.1) is 11.8 Å². The van der Waals surface area contributed by atoms with Gasteiger partial charge in [0.15, 0.2) is 5.78 Å². The highest BCUT2D eigenvalue weighted by Crippen LogP contribution is 2.15. The van der Waals surface area contributed by atoms with Crippen molar-refractivity contribution in [1.29, 1.82) is 0 Å². The summed E-state index contributed by atoms with van der Waals surface area (Å²) in [5.74, 6) is -0.120. The van der Waals surface area contributed by atoms with Crippen LogP contribution >= 0.6 is 0 Å². The van der Waals surface area contributed by atoms with E-state index >= 15 is 0 Å². The molecule has 2 rings (SSSR count). The molecule has 0 atom stereocenters. The van der Waals surface area contributed by atoms with Crippen molar-refractivity contribution in [1.82, 2.24) is 10.2 Å². The van der Waals surface area contributed by atoms with Gasteiger partial charge in [-0.3, -0.25) is 9.89 Å². The maximum Gasteiger partial charge on any atom is 0.190 e. The third kappa shape index (κ3) is 7.62. The Labute approximate surface area is 168 Å². The van der Waals surface area contributed by atoms with Gasteiger partial charge in [-0.05, 0) is 17.5 Å². The summed E-state index contributed by atoms with van der Waals surface area (Å²) < 4.78 is 0. The minimum atomic E-state index is -0.120. The zero-order chi connectivity index (χ0) is 20.8. The standard InChI is InChI=1S/C21H23N3O.C3H8/c1-3-5-6-7-10-16-11-8-9-12-17(16)13-18(22)14-21(25)19-15-23-24-20(19)4-2;1-3-2/h3,5-12,14-15H,1,4,13,22H2,2H3,(H,23,24);3H2,1-2H3/b6-5-,10-7+,18-14-;. The molecule has 0 aliphatic rings. The quantitative estimate of drug-likeness (QED) is 0.367. The van der Waals surface area contributed by atoms with Crippen molar-refractivity contribution in [3.8, 4) is 0 Å². The number of carbonyl (C=O) groups excluding carboxylic acids is 1. The largest absolute Gasteiger partial charge is 0.402 e. The van der Waals surface area contributed by atoms with Crippen molar-refractivity contribution in [3.63, 3.8) is 0 Å². The van der Waals surface area contributed by atoms with Gasteiger partial charge in [0.25, 0.3) is 0 Å². The maximum absolute atomic E-state index is 12.4. The molecule has 4 heteroatoms. The second kappa shape index (κ2) is 13.1. The summed E-state index contributed by atoms with van der Waals surface area (Å²) in [5.41, 5.74) is 10.2. The van der Waals surface area contributed by atoms with Crippen LogP contribution in [0.15, 0.2) is 73.1 Å². The van der Waals surface area contributed by atoms with E-state index in [-0.39, 0.29) is 5.78 Å². The Morgan fingerprint density at radius 3 is 2.57 bits per heavy atom. The number of allylic oxidation sites excluding steroid dienone is 6. The SMILES string of the molecule is C=C/C=C\C=C\c1ccccc1C/C(N)=C/C(=O)c1cn[nH]c1CC.CCC. The lowest BCUT2D eigenvalue weighted by Crippen LogP contribution is -2.07. The lowest BCUT2D eigenvalue weighted by atomic mass is 10.0. The highest BCUT2D eigenvalue weighted by Gasteiger charge is 2.11. The molecule has 0 unspecified atom stereocenters. The first-order valence-corrected chi connectivity index (χ1v) is 9.63. The lowest BCUT2D eigenvalue weighted by molar-refractivity contribution is 0.104. The molecule has 2 aromatic rings. The van der Waals surface area contributed by atoms with Gasteiger partial charge in [-0.25, -0.2) is 0 Å². The molecule has 0 spiro atoms. The Balaban J connectivity index is 0.00000122. The Kier molecular flexibility index (Phi) is 10.7. The van der Waals surface area contributed by atoms with Gasteiger partial charge in [-0.1, -0.05) is 88.4 Å². The van der Waals surface area contributed by atoms with E-state index in [9.17, 15) is 4.79 Å². The molecule has 1 heterocycles. The van der Waals surface area contributed by atoms with Crippen LogP contribution in [-0.4, -0.2) is 16.0 Å². The van der Waals surface area contributed by atoms with Gasteiger partial charge in [0.2, 0.25) is 0 Å². The van der Waals surface area contributed by atoms with Crippen molar-refractivity contribution >= 4 is 11.9 Å². The van der Waals surface area contributed by atoms with Crippen molar-refractivity contribution in [2.75, 3.05) is 0 Å². The molecule has 1 aromatic heterocycles. The fourth-order valence-corrected chi connectivity index (χ4v) is 2.47. The number of H-pyrrole nitrogens is 1. The van der Waals surface area contributed by atoms with E-state index in [0.29, 0.717) is 17.7 Å². The summed E-state index contributed by atoms with van der Waals surface area (Å²) in [6.07, 6.45) is 15.0. The summed E-state index contributed by atoms with van der Waals surface area (Å²) in [4.78, 5) is 12.4. The summed E-state index contributed by atoms with van der Waals surface area (Å²) in [7, 11) is 0. The van der Waals surface area contributed by atoms with Crippen LogP contribution in [0, 0.1) is 0 Å². The van der Waals surface area contributed by atoms with Gasteiger partial charge in [-0.2, -0.15) is 5.10 Å². The molecule has 0 saturated carbocycles. The number of nitrogens with zero attached hydrogens (tertiary/aromatic N) is 1. The average Bonchev–Trinajstić information content (AvgIpc) is 3.16. The molecule has 0 aliphatic heterocycles. The highest BCUT2D eigenvalue weighted by atomic mass is 16.1. The number of hydrogen-bond donors (Lipinski definition) is 2. The van der Waals surface area contributed by atoms with E-state index in [4.69, 9.17) is 5.73 Å². The molecule has 0 bridgehead atoms. The first-order valence-electron chi connectivity index (χ1n) is 9.63. The summed E-state index contributed by atoms with van der Waals surface area (Å²) >= 11 is 0. The number of nitrogens with two attached hydrogens (primary N) is 1. The molecular weight excluding hydrogens is 346 g/mol. The number of ketones is 1. The zero-order valence-electron chi connectivity index (χ0n) is 17.1. The van der Waals surface area contributed by atoms with Crippen LogP contribution in [0.2, 0.25) is 0 Å².